The summed E-state index contributed by atoms with van der Waals surface area (Å²) < 4.78 is 0. The number of hydrogen-bond donors (Lipinski definition) is 2. The van der Waals surface area contributed by atoms with E-state index in [1.807, 2.05) is 12.1 Å². The van der Waals surface area contributed by atoms with E-state index in [2.05, 4.69) is 16.8 Å². The van der Waals surface area contributed by atoms with Crippen LogP contribution in [0.3, 0.4) is 0 Å². The topological polar surface area (TPSA) is 56.4 Å². The van der Waals surface area contributed by atoms with Crippen LogP contribution in [0, 0.1) is 5.41 Å². The number of hydrogen-bond acceptors (Lipinski definition) is 3. The van der Waals surface area contributed by atoms with Gasteiger partial charge in [-0.1, -0.05) is 17.7 Å². The normalized spacial score (nSPS) is 17.6. The van der Waals surface area contributed by atoms with Crippen molar-refractivity contribution in [2.75, 3.05) is 38.1 Å². The monoisotopic (exact) mass is 266 g/mol. The van der Waals surface area contributed by atoms with Crippen LogP contribution in [0.25, 0.3) is 0 Å². The average molecular weight is 267 g/mol. The van der Waals surface area contributed by atoms with Crippen LogP contribution in [-0.4, -0.2) is 44.0 Å². The molecule has 0 spiro atoms. The van der Waals surface area contributed by atoms with Gasteiger partial charge in [0, 0.05) is 25.3 Å². The number of amidine groups is 1. The third kappa shape index (κ3) is 2.76. The Labute approximate surface area is 113 Å². The number of benzene rings is 1. The average Bonchev–Trinajstić information content (AvgIpc) is 2.53. The maximum absolute atomic E-state index is 7.69. The molecule has 0 saturated carbocycles. The van der Waals surface area contributed by atoms with Gasteiger partial charge in [-0.15, -0.1) is 0 Å². The van der Waals surface area contributed by atoms with Crippen molar-refractivity contribution in [3.63, 3.8) is 0 Å². The minimum Gasteiger partial charge on any atom is -0.384 e. The molecule has 4 nitrogen and oxygen atoms in total. The molecule has 5 heteroatoms. The lowest BCUT2D eigenvalue weighted by Gasteiger charge is -2.25. The quantitative estimate of drug-likeness (QED) is 0.634. The number of halogens is 1. The van der Waals surface area contributed by atoms with Crippen LogP contribution in [-0.2, 0) is 0 Å². The van der Waals surface area contributed by atoms with Gasteiger partial charge in [0.25, 0.3) is 0 Å². The Morgan fingerprint density at radius 3 is 2.78 bits per heavy atom. The Morgan fingerprint density at radius 2 is 2.06 bits per heavy atom. The number of anilines is 1. The fraction of sp³-hybridized carbons (Fsp3) is 0.462. The molecule has 1 aromatic carbocycles. The van der Waals surface area contributed by atoms with Crippen LogP contribution >= 0.6 is 11.6 Å². The number of rotatable bonds is 2. The fourth-order valence-electron chi connectivity index (χ4n) is 2.33. The van der Waals surface area contributed by atoms with E-state index in [9.17, 15) is 0 Å². The van der Waals surface area contributed by atoms with Crippen LogP contribution in [0.15, 0.2) is 18.2 Å². The Balaban J connectivity index is 2.32. The van der Waals surface area contributed by atoms with E-state index < -0.39 is 0 Å². The lowest BCUT2D eigenvalue weighted by molar-refractivity contribution is 0.360. The molecule has 1 fully saturated rings. The molecule has 1 saturated heterocycles. The van der Waals surface area contributed by atoms with E-state index in [4.69, 9.17) is 22.7 Å². The molecule has 2 rings (SSSR count). The summed E-state index contributed by atoms with van der Waals surface area (Å²) >= 11 is 6.16. The number of nitrogens with zero attached hydrogens (tertiary/aromatic N) is 2. The molecule has 98 valence electrons. The van der Waals surface area contributed by atoms with Crippen molar-refractivity contribution >= 4 is 23.1 Å². The lowest BCUT2D eigenvalue weighted by atomic mass is 10.1. The SMILES string of the molecule is CN1CCCN(c2cccc(Cl)c2C(=N)N)CC1. The van der Waals surface area contributed by atoms with Gasteiger partial charge in [0.05, 0.1) is 10.6 Å². The molecule has 1 aromatic rings. The van der Waals surface area contributed by atoms with Crippen LogP contribution in [0.2, 0.25) is 5.02 Å². The maximum Gasteiger partial charge on any atom is 0.126 e. The first-order valence-electron chi connectivity index (χ1n) is 6.16. The standard InChI is InChI=1S/C13H19ClN4/c1-17-6-3-7-18(9-8-17)11-5-2-4-10(14)12(11)13(15)16/h2,4-5H,3,6-9H2,1H3,(H3,15,16). The molecule has 3 N–H and O–H groups in total. The molecular weight excluding hydrogens is 248 g/mol. The third-order valence-corrected chi connectivity index (χ3v) is 3.64. The van der Waals surface area contributed by atoms with Gasteiger partial charge in [-0.05, 0) is 32.1 Å². The number of nitrogen functional groups attached to an aromatic ring is 1. The van der Waals surface area contributed by atoms with E-state index in [0.717, 1.165) is 38.3 Å². The highest BCUT2D eigenvalue weighted by molar-refractivity contribution is 6.34. The van der Waals surface area contributed by atoms with Gasteiger partial charge in [-0.25, -0.2) is 0 Å². The van der Waals surface area contributed by atoms with Gasteiger partial charge in [0.2, 0.25) is 0 Å². The van der Waals surface area contributed by atoms with E-state index in [0.29, 0.717) is 10.6 Å². The molecule has 0 bridgehead atoms. The third-order valence-electron chi connectivity index (χ3n) is 3.32. The minimum absolute atomic E-state index is 0.0354. The van der Waals surface area contributed by atoms with Gasteiger partial charge in [-0.2, -0.15) is 0 Å². The van der Waals surface area contributed by atoms with Crippen molar-refractivity contribution in [1.82, 2.24) is 4.90 Å². The van der Waals surface area contributed by atoms with Crippen molar-refractivity contribution in [3.8, 4) is 0 Å². The molecule has 18 heavy (non-hydrogen) atoms. The number of nitrogens with one attached hydrogen (secondary N) is 1. The molecule has 0 radical (unpaired) electrons. The second kappa shape index (κ2) is 5.59. The van der Waals surface area contributed by atoms with Gasteiger partial charge < -0.3 is 15.5 Å². The Kier molecular flexibility index (Phi) is 4.09. The van der Waals surface area contributed by atoms with Crippen molar-refractivity contribution < 1.29 is 0 Å². The van der Waals surface area contributed by atoms with Gasteiger partial charge in [0.15, 0.2) is 0 Å². The smallest absolute Gasteiger partial charge is 0.126 e. The molecule has 0 aliphatic carbocycles. The van der Waals surface area contributed by atoms with Crippen molar-refractivity contribution in [1.29, 1.82) is 5.41 Å². The summed E-state index contributed by atoms with van der Waals surface area (Å²) in [6.45, 7) is 4.04. The molecule has 0 atom stereocenters. The van der Waals surface area contributed by atoms with E-state index >= 15 is 0 Å². The predicted octanol–water partition coefficient (Wildman–Crippen LogP) is 1.77. The van der Waals surface area contributed by atoms with Crippen LogP contribution in [0.4, 0.5) is 5.69 Å². The summed E-state index contributed by atoms with van der Waals surface area (Å²) in [4.78, 5) is 4.59. The van der Waals surface area contributed by atoms with E-state index in [1.54, 1.807) is 6.07 Å². The summed E-state index contributed by atoms with van der Waals surface area (Å²) in [7, 11) is 2.13. The second-order valence-corrected chi connectivity index (χ2v) is 5.10. The zero-order chi connectivity index (χ0) is 13.1. The summed E-state index contributed by atoms with van der Waals surface area (Å²) in [6.07, 6.45) is 1.11. The number of nitrogens with two attached hydrogens (primary N) is 1. The van der Waals surface area contributed by atoms with Gasteiger partial charge >= 0.3 is 0 Å². The van der Waals surface area contributed by atoms with Crippen molar-refractivity contribution in [2.24, 2.45) is 5.73 Å². The highest BCUT2D eigenvalue weighted by Crippen LogP contribution is 2.27. The molecule has 0 unspecified atom stereocenters. The minimum atomic E-state index is 0.0354. The first kappa shape index (κ1) is 13.2. The largest absolute Gasteiger partial charge is 0.384 e. The molecular formula is C13H19ClN4. The van der Waals surface area contributed by atoms with Crippen molar-refractivity contribution in [3.05, 3.63) is 28.8 Å². The summed E-state index contributed by atoms with van der Waals surface area (Å²) in [6, 6.07) is 5.69. The van der Waals surface area contributed by atoms with Gasteiger partial charge in [0.1, 0.15) is 5.84 Å². The van der Waals surface area contributed by atoms with E-state index in [1.165, 1.54) is 0 Å². The summed E-state index contributed by atoms with van der Waals surface area (Å²) in [5.74, 6) is 0.0354. The van der Waals surface area contributed by atoms with Crippen LogP contribution in [0.1, 0.15) is 12.0 Å². The first-order chi connectivity index (χ1) is 8.59. The Hall–Kier alpha value is -1.26. The molecule has 1 heterocycles. The van der Waals surface area contributed by atoms with Crippen LogP contribution < -0.4 is 10.6 Å². The molecule has 1 aliphatic heterocycles. The Bertz CT molecular complexity index is 447. The van der Waals surface area contributed by atoms with E-state index in [-0.39, 0.29) is 5.84 Å². The zero-order valence-electron chi connectivity index (χ0n) is 10.6. The lowest BCUT2D eigenvalue weighted by Crippen LogP contribution is -2.30. The zero-order valence-corrected chi connectivity index (χ0v) is 11.4. The molecule has 0 aromatic heterocycles. The summed E-state index contributed by atoms with van der Waals surface area (Å²) in [5.41, 5.74) is 7.28. The first-order valence-corrected chi connectivity index (χ1v) is 6.54. The van der Waals surface area contributed by atoms with Gasteiger partial charge in [-0.3, -0.25) is 5.41 Å². The predicted molar refractivity (Wildman–Crippen MR) is 76.8 cm³/mol. The van der Waals surface area contributed by atoms with Crippen molar-refractivity contribution in [2.45, 2.75) is 6.42 Å². The maximum atomic E-state index is 7.69. The summed E-state index contributed by atoms with van der Waals surface area (Å²) in [5, 5.41) is 8.24. The highest BCUT2D eigenvalue weighted by Gasteiger charge is 2.18. The Morgan fingerprint density at radius 1 is 1.28 bits per heavy atom. The van der Waals surface area contributed by atoms with Crippen LogP contribution in [0.5, 0.6) is 0 Å². The molecule has 0 amide bonds. The molecule has 1 aliphatic rings. The highest BCUT2D eigenvalue weighted by atomic mass is 35.5. The number of likely N-dealkylation sites (N-methyl/N-ethyl adjacent to an activating group) is 1. The fourth-order valence-corrected chi connectivity index (χ4v) is 2.60. The second-order valence-electron chi connectivity index (χ2n) is 4.69.